The smallest absolute Gasteiger partial charge is 0.354 e. The van der Waals surface area contributed by atoms with Gasteiger partial charge in [-0.1, -0.05) is 6.42 Å². The molecule has 30 heavy (non-hydrogen) atoms. The summed E-state index contributed by atoms with van der Waals surface area (Å²) in [6.45, 7) is 0.395. The van der Waals surface area contributed by atoms with Crippen LogP contribution in [0.5, 0.6) is 0 Å². The highest BCUT2D eigenvalue weighted by Crippen LogP contribution is 2.51. The summed E-state index contributed by atoms with van der Waals surface area (Å²) in [6.07, 6.45) is 6.13. The number of ether oxygens (including phenoxy) is 1. The van der Waals surface area contributed by atoms with Crippen molar-refractivity contribution in [3.8, 4) is 0 Å². The standard InChI is InChI=1S/C20H23FN4O5/c1-30-19(29)12-4-6-20(5-2-3-11(12)8-20)10-22-17(26)15-7-14(18(27)28)24-16-13(21)9-23-25(15)16/h7,9,11-12H,2-6,8,10H2,1H3,(H,22,26)(H,27,28). The number of rotatable bonds is 5. The average Bonchev–Trinajstić information content (AvgIpc) is 3.12. The largest absolute Gasteiger partial charge is 0.477 e. The van der Waals surface area contributed by atoms with Crippen LogP contribution in [0.4, 0.5) is 4.39 Å². The van der Waals surface area contributed by atoms with Crippen LogP contribution in [0, 0.1) is 23.1 Å². The van der Waals surface area contributed by atoms with E-state index < -0.39 is 23.4 Å². The quantitative estimate of drug-likeness (QED) is 0.713. The maximum atomic E-state index is 13.9. The van der Waals surface area contributed by atoms with Crippen molar-refractivity contribution in [3.63, 3.8) is 0 Å². The van der Waals surface area contributed by atoms with Crippen LogP contribution >= 0.6 is 0 Å². The van der Waals surface area contributed by atoms with Crippen LogP contribution in [0.3, 0.4) is 0 Å². The van der Waals surface area contributed by atoms with Crippen molar-refractivity contribution in [3.05, 3.63) is 29.5 Å². The molecule has 2 fully saturated rings. The van der Waals surface area contributed by atoms with Gasteiger partial charge in [0.05, 0.1) is 19.2 Å². The molecule has 0 spiro atoms. The third kappa shape index (κ3) is 3.50. The van der Waals surface area contributed by atoms with Crippen LogP contribution in [-0.2, 0) is 9.53 Å². The van der Waals surface area contributed by atoms with Gasteiger partial charge in [0.1, 0.15) is 5.69 Å². The monoisotopic (exact) mass is 418 g/mol. The minimum absolute atomic E-state index is 0.0895. The lowest BCUT2D eigenvalue weighted by Crippen LogP contribution is -2.47. The Bertz CT molecular complexity index is 1020. The second kappa shape index (κ2) is 7.66. The zero-order chi connectivity index (χ0) is 21.5. The summed E-state index contributed by atoms with van der Waals surface area (Å²) in [5, 5.41) is 15.9. The molecule has 3 unspecified atom stereocenters. The summed E-state index contributed by atoms with van der Waals surface area (Å²) in [5.74, 6) is -2.73. The maximum absolute atomic E-state index is 13.9. The highest BCUT2D eigenvalue weighted by molar-refractivity contribution is 5.96. The third-order valence-electron chi connectivity index (χ3n) is 6.54. The number of carboxylic acid groups (broad SMARTS) is 1. The average molecular weight is 418 g/mol. The van der Waals surface area contributed by atoms with Gasteiger partial charge in [0.2, 0.25) is 0 Å². The first-order valence-electron chi connectivity index (χ1n) is 9.97. The summed E-state index contributed by atoms with van der Waals surface area (Å²) in [7, 11) is 1.41. The number of methoxy groups -OCH3 is 1. The fourth-order valence-corrected chi connectivity index (χ4v) is 5.04. The Morgan fingerprint density at radius 3 is 2.90 bits per heavy atom. The number of halogens is 1. The Morgan fingerprint density at radius 1 is 1.37 bits per heavy atom. The first-order valence-corrected chi connectivity index (χ1v) is 9.97. The van der Waals surface area contributed by atoms with Crippen LogP contribution in [0.25, 0.3) is 5.65 Å². The summed E-state index contributed by atoms with van der Waals surface area (Å²) >= 11 is 0. The van der Waals surface area contributed by atoms with E-state index in [2.05, 4.69) is 15.4 Å². The zero-order valence-electron chi connectivity index (χ0n) is 16.6. The van der Waals surface area contributed by atoms with Crippen LogP contribution in [0.1, 0.15) is 59.5 Å². The number of aromatic carboxylic acids is 1. The van der Waals surface area contributed by atoms with E-state index in [1.807, 2.05) is 0 Å². The van der Waals surface area contributed by atoms with E-state index in [1.165, 1.54) is 7.11 Å². The number of carbonyl (C=O) groups excluding carboxylic acids is 2. The molecule has 9 nitrogen and oxygen atoms in total. The molecule has 2 aliphatic carbocycles. The predicted molar refractivity (Wildman–Crippen MR) is 101 cm³/mol. The third-order valence-corrected chi connectivity index (χ3v) is 6.54. The van der Waals surface area contributed by atoms with E-state index >= 15 is 0 Å². The SMILES string of the molecule is COC(=O)C1CCC2(CNC(=O)c3cc(C(=O)O)nc4c(F)cnn34)CCCC1C2. The number of carboxylic acids is 1. The molecular weight excluding hydrogens is 395 g/mol. The van der Waals surface area contributed by atoms with Crippen molar-refractivity contribution in [2.24, 2.45) is 17.3 Å². The van der Waals surface area contributed by atoms with Crippen LogP contribution in [0.2, 0.25) is 0 Å². The second-order valence-electron chi connectivity index (χ2n) is 8.27. The minimum Gasteiger partial charge on any atom is -0.477 e. The van der Waals surface area contributed by atoms with Crippen molar-refractivity contribution in [2.45, 2.75) is 38.5 Å². The molecule has 2 bridgehead atoms. The lowest BCUT2D eigenvalue weighted by molar-refractivity contribution is -0.151. The molecule has 2 saturated carbocycles. The van der Waals surface area contributed by atoms with E-state index in [1.54, 1.807) is 0 Å². The normalized spacial score (nSPS) is 25.7. The highest BCUT2D eigenvalue weighted by atomic mass is 19.1. The first kappa shape index (κ1) is 20.2. The van der Waals surface area contributed by atoms with Gasteiger partial charge < -0.3 is 15.2 Å². The van der Waals surface area contributed by atoms with Crippen LogP contribution < -0.4 is 5.32 Å². The molecule has 1 amide bonds. The van der Waals surface area contributed by atoms with Gasteiger partial charge >= 0.3 is 11.9 Å². The van der Waals surface area contributed by atoms with Crippen LogP contribution in [-0.4, -0.2) is 51.2 Å². The molecule has 0 aliphatic heterocycles. The molecule has 2 N–H and O–H groups in total. The van der Waals surface area contributed by atoms with Gasteiger partial charge in [-0.2, -0.15) is 5.10 Å². The molecule has 2 aromatic rings. The molecule has 2 heterocycles. The Labute approximate surface area is 171 Å². The second-order valence-corrected chi connectivity index (χ2v) is 8.27. The lowest BCUT2D eigenvalue weighted by atomic mass is 9.58. The number of nitrogens with one attached hydrogen (secondary N) is 1. The molecular formula is C20H23FN4O5. The Kier molecular flexibility index (Phi) is 5.17. The van der Waals surface area contributed by atoms with Crippen molar-refractivity contribution in [1.29, 1.82) is 0 Å². The van der Waals surface area contributed by atoms with Gasteiger partial charge in [-0.15, -0.1) is 0 Å². The molecule has 3 atom stereocenters. The summed E-state index contributed by atoms with van der Waals surface area (Å²) in [6, 6.07) is 1.09. The summed E-state index contributed by atoms with van der Waals surface area (Å²) < 4.78 is 19.8. The number of carbonyl (C=O) groups is 3. The van der Waals surface area contributed by atoms with Gasteiger partial charge in [0, 0.05) is 12.6 Å². The number of hydrogen-bond donors (Lipinski definition) is 2. The van der Waals surface area contributed by atoms with Crippen LogP contribution in [0.15, 0.2) is 12.3 Å². The Hall–Kier alpha value is -3.04. The van der Waals surface area contributed by atoms with E-state index in [0.29, 0.717) is 6.54 Å². The molecule has 160 valence electrons. The number of amides is 1. The van der Waals surface area contributed by atoms with E-state index in [0.717, 1.165) is 55.3 Å². The molecule has 10 heteroatoms. The number of fused-ring (bicyclic) bond motifs is 3. The number of aromatic nitrogens is 3. The minimum atomic E-state index is -1.36. The fourth-order valence-electron chi connectivity index (χ4n) is 5.04. The topological polar surface area (TPSA) is 123 Å². The number of esters is 1. The van der Waals surface area contributed by atoms with Gasteiger partial charge in [-0.3, -0.25) is 9.59 Å². The van der Waals surface area contributed by atoms with E-state index in [-0.39, 0.29) is 34.6 Å². The molecule has 0 aromatic carbocycles. The molecule has 2 aromatic heterocycles. The van der Waals surface area contributed by atoms with E-state index in [4.69, 9.17) is 4.74 Å². The van der Waals surface area contributed by atoms with Gasteiger partial charge in [0.25, 0.3) is 5.91 Å². The first-order chi connectivity index (χ1) is 14.3. The predicted octanol–water partition coefficient (Wildman–Crippen LogP) is 2.06. The zero-order valence-corrected chi connectivity index (χ0v) is 16.6. The fraction of sp³-hybridized carbons (Fsp3) is 0.550. The molecule has 2 aliphatic rings. The van der Waals surface area contributed by atoms with Crippen molar-refractivity contribution >= 4 is 23.5 Å². The molecule has 0 saturated heterocycles. The maximum Gasteiger partial charge on any atom is 0.354 e. The Balaban J connectivity index is 1.53. The van der Waals surface area contributed by atoms with Gasteiger partial charge in [-0.25, -0.2) is 18.7 Å². The lowest BCUT2D eigenvalue weighted by Gasteiger charge is -2.48. The summed E-state index contributed by atoms with van der Waals surface area (Å²) in [5.41, 5.74) is -0.940. The van der Waals surface area contributed by atoms with Gasteiger partial charge in [-0.05, 0) is 43.4 Å². The van der Waals surface area contributed by atoms with Crippen molar-refractivity contribution in [2.75, 3.05) is 13.7 Å². The number of hydrogen-bond acceptors (Lipinski definition) is 6. The Morgan fingerprint density at radius 2 is 2.17 bits per heavy atom. The van der Waals surface area contributed by atoms with Crippen molar-refractivity contribution in [1.82, 2.24) is 19.9 Å². The van der Waals surface area contributed by atoms with E-state index in [9.17, 15) is 23.9 Å². The summed E-state index contributed by atoms with van der Waals surface area (Å²) in [4.78, 5) is 40.0. The number of nitrogens with zero attached hydrogens (tertiary/aromatic N) is 3. The molecule has 0 radical (unpaired) electrons. The molecule has 4 rings (SSSR count). The van der Waals surface area contributed by atoms with Gasteiger partial charge in [0.15, 0.2) is 17.2 Å². The van der Waals surface area contributed by atoms with Crippen molar-refractivity contribution < 1.29 is 28.6 Å². The highest BCUT2D eigenvalue weighted by Gasteiger charge is 2.46.